The number of hydrogen-bond acceptors (Lipinski definition) is 2. The van der Waals surface area contributed by atoms with E-state index >= 15 is 0 Å². The second-order valence-electron chi connectivity index (χ2n) is 3.41. The quantitative estimate of drug-likeness (QED) is 0.852. The van der Waals surface area contributed by atoms with Gasteiger partial charge in [0.2, 0.25) is 0 Å². The van der Waals surface area contributed by atoms with Crippen LogP contribution < -0.4 is 5.56 Å². The van der Waals surface area contributed by atoms with Gasteiger partial charge in [-0.1, -0.05) is 6.07 Å². The Bertz CT molecular complexity index is 634. The summed E-state index contributed by atoms with van der Waals surface area (Å²) in [6, 6.07) is 9.84. The number of aromatic carboxylic acids is 1. The van der Waals surface area contributed by atoms with E-state index in [0.717, 1.165) is 3.57 Å². The molecule has 0 radical (unpaired) electrons. The first-order valence-corrected chi connectivity index (χ1v) is 5.88. The van der Waals surface area contributed by atoms with Gasteiger partial charge in [-0.15, -0.1) is 0 Å². The van der Waals surface area contributed by atoms with Crippen LogP contribution in [0.25, 0.3) is 5.69 Å². The maximum absolute atomic E-state index is 11.7. The van der Waals surface area contributed by atoms with Gasteiger partial charge in [0.15, 0.2) is 0 Å². The van der Waals surface area contributed by atoms with Crippen molar-refractivity contribution in [2.75, 3.05) is 0 Å². The summed E-state index contributed by atoms with van der Waals surface area (Å²) < 4.78 is 2.30. The molecule has 2 rings (SSSR count). The van der Waals surface area contributed by atoms with Crippen molar-refractivity contribution < 1.29 is 9.90 Å². The number of pyridine rings is 1. The van der Waals surface area contributed by atoms with Crippen LogP contribution in [0.3, 0.4) is 0 Å². The Morgan fingerprint density at radius 2 is 2.00 bits per heavy atom. The molecule has 0 amide bonds. The van der Waals surface area contributed by atoms with E-state index in [1.54, 1.807) is 6.07 Å². The SMILES string of the molecule is O=C(O)c1ccc(=O)n(-c2cccc(I)c2)c1. The molecule has 0 aliphatic rings. The Balaban J connectivity index is 2.62. The summed E-state index contributed by atoms with van der Waals surface area (Å²) in [5.41, 5.74) is 0.491. The van der Waals surface area contributed by atoms with E-state index in [0.29, 0.717) is 5.69 Å². The van der Waals surface area contributed by atoms with Crippen molar-refractivity contribution in [3.05, 3.63) is 62.1 Å². The number of carbonyl (C=O) groups is 1. The molecule has 5 heteroatoms. The third-order valence-corrected chi connectivity index (χ3v) is 2.92. The summed E-state index contributed by atoms with van der Waals surface area (Å²) in [6.45, 7) is 0. The summed E-state index contributed by atoms with van der Waals surface area (Å²) in [4.78, 5) is 22.5. The lowest BCUT2D eigenvalue weighted by Gasteiger charge is -2.06. The van der Waals surface area contributed by atoms with Crippen LogP contribution in [0.5, 0.6) is 0 Å². The first-order chi connectivity index (χ1) is 8.08. The molecule has 4 nitrogen and oxygen atoms in total. The highest BCUT2D eigenvalue weighted by molar-refractivity contribution is 14.1. The lowest BCUT2D eigenvalue weighted by atomic mass is 10.2. The summed E-state index contributed by atoms with van der Waals surface area (Å²) >= 11 is 2.13. The van der Waals surface area contributed by atoms with Crippen LogP contribution in [-0.2, 0) is 0 Å². The van der Waals surface area contributed by atoms with Crippen LogP contribution in [0.15, 0.2) is 47.4 Å². The second-order valence-corrected chi connectivity index (χ2v) is 4.66. The highest BCUT2D eigenvalue weighted by atomic mass is 127. The summed E-state index contributed by atoms with van der Waals surface area (Å²) in [5.74, 6) is -1.05. The van der Waals surface area contributed by atoms with Gasteiger partial charge < -0.3 is 5.11 Å². The fourth-order valence-electron chi connectivity index (χ4n) is 1.44. The Morgan fingerprint density at radius 3 is 2.65 bits per heavy atom. The molecule has 0 unspecified atom stereocenters. The molecule has 2 aromatic rings. The van der Waals surface area contributed by atoms with Crippen LogP contribution in [0.1, 0.15) is 10.4 Å². The largest absolute Gasteiger partial charge is 0.478 e. The van der Waals surface area contributed by atoms with Crippen LogP contribution >= 0.6 is 22.6 Å². The minimum Gasteiger partial charge on any atom is -0.478 e. The van der Waals surface area contributed by atoms with Gasteiger partial charge in [-0.05, 0) is 46.9 Å². The van der Waals surface area contributed by atoms with E-state index in [-0.39, 0.29) is 11.1 Å². The van der Waals surface area contributed by atoms with Crippen molar-refractivity contribution >= 4 is 28.6 Å². The van der Waals surface area contributed by atoms with Gasteiger partial charge in [0, 0.05) is 21.5 Å². The van der Waals surface area contributed by atoms with E-state index < -0.39 is 5.97 Å². The minimum absolute atomic E-state index is 0.0865. The second kappa shape index (κ2) is 4.70. The average molecular weight is 341 g/mol. The lowest BCUT2D eigenvalue weighted by Crippen LogP contribution is -2.18. The van der Waals surface area contributed by atoms with Gasteiger partial charge in [-0.2, -0.15) is 0 Å². The molecule has 0 atom stereocenters. The fourth-order valence-corrected chi connectivity index (χ4v) is 1.97. The van der Waals surface area contributed by atoms with Crippen LogP contribution in [-0.4, -0.2) is 15.6 Å². The summed E-state index contributed by atoms with van der Waals surface area (Å²) in [6.07, 6.45) is 1.33. The Kier molecular flexibility index (Phi) is 3.28. The number of halogens is 1. The summed E-state index contributed by atoms with van der Waals surface area (Å²) in [7, 11) is 0. The normalized spacial score (nSPS) is 10.2. The van der Waals surface area contributed by atoms with Crippen molar-refractivity contribution in [1.29, 1.82) is 0 Å². The van der Waals surface area contributed by atoms with Crippen molar-refractivity contribution in [3.63, 3.8) is 0 Å². The fraction of sp³-hybridized carbons (Fsp3) is 0. The summed E-state index contributed by atoms with van der Waals surface area (Å²) in [5, 5.41) is 8.88. The highest BCUT2D eigenvalue weighted by Gasteiger charge is 2.06. The Hall–Kier alpha value is -1.63. The molecule has 1 heterocycles. The van der Waals surface area contributed by atoms with Gasteiger partial charge in [0.25, 0.3) is 5.56 Å². The Morgan fingerprint density at radius 1 is 1.24 bits per heavy atom. The number of rotatable bonds is 2. The third kappa shape index (κ3) is 2.55. The van der Waals surface area contributed by atoms with Gasteiger partial charge in [-0.3, -0.25) is 9.36 Å². The van der Waals surface area contributed by atoms with Crippen LogP contribution in [0, 0.1) is 3.57 Å². The predicted octanol–water partition coefficient (Wildman–Crippen LogP) is 2.14. The van der Waals surface area contributed by atoms with E-state index in [9.17, 15) is 9.59 Å². The molecule has 1 aromatic heterocycles. The lowest BCUT2D eigenvalue weighted by molar-refractivity contribution is 0.0696. The number of benzene rings is 1. The monoisotopic (exact) mass is 341 g/mol. The molecule has 0 aliphatic heterocycles. The first-order valence-electron chi connectivity index (χ1n) is 4.80. The molecular weight excluding hydrogens is 333 g/mol. The van der Waals surface area contributed by atoms with Crippen molar-refractivity contribution in [2.45, 2.75) is 0 Å². The van der Waals surface area contributed by atoms with E-state index in [4.69, 9.17) is 5.11 Å². The molecule has 0 fully saturated rings. The minimum atomic E-state index is -1.05. The molecule has 0 saturated heterocycles. The zero-order valence-electron chi connectivity index (χ0n) is 8.63. The van der Waals surface area contributed by atoms with E-state index in [1.807, 2.05) is 18.2 Å². The Labute approximate surface area is 111 Å². The van der Waals surface area contributed by atoms with Crippen LogP contribution in [0.4, 0.5) is 0 Å². The number of carboxylic acids is 1. The highest BCUT2D eigenvalue weighted by Crippen LogP contribution is 2.11. The maximum atomic E-state index is 11.7. The maximum Gasteiger partial charge on any atom is 0.337 e. The molecule has 17 heavy (non-hydrogen) atoms. The molecule has 0 spiro atoms. The third-order valence-electron chi connectivity index (χ3n) is 2.24. The molecule has 0 saturated carbocycles. The predicted molar refractivity (Wildman–Crippen MR) is 71.7 cm³/mol. The van der Waals surface area contributed by atoms with Gasteiger partial charge in [-0.25, -0.2) is 4.79 Å². The standard InChI is InChI=1S/C12H8INO3/c13-9-2-1-3-10(6-9)14-7-8(12(16)17)4-5-11(14)15/h1-7H,(H,16,17). The van der Waals surface area contributed by atoms with Gasteiger partial charge in [0.1, 0.15) is 0 Å². The van der Waals surface area contributed by atoms with E-state index in [2.05, 4.69) is 22.6 Å². The van der Waals surface area contributed by atoms with Gasteiger partial charge in [0.05, 0.1) is 5.56 Å². The molecule has 0 aliphatic carbocycles. The molecule has 1 N–H and O–H groups in total. The average Bonchev–Trinajstić information content (AvgIpc) is 2.29. The smallest absolute Gasteiger partial charge is 0.337 e. The number of carboxylic acid groups (broad SMARTS) is 1. The zero-order chi connectivity index (χ0) is 12.4. The number of aromatic nitrogens is 1. The topological polar surface area (TPSA) is 59.3 Å². The molecule has 1 aromatic carbocycles. The molecular formula is C12H8INO3. The van der Waals surface area contributed by atoms with Crippen LogP contribution in [0.2, 0.25) is 0 Å². The zero-order valence-corrected chi connectivity index (χ0v) is 10.8. The molecule has 0 bridgehead atoms. The van der Waals surface area contributed by atoms with Crippen molar-refractivity contribution in [1.82, 2.24) is 4.57 Å². The first kappa shape index (κ1) is 11.8. The van der Waals surface area contributed by atoms with Gasteiger partial charge >= 0.3 is 5.97 Å². The number of hydrogen-bond donors (Lipinski definition) is 1. The van der Waals surface area contributed by atoms with Crippen molar-refractivity contribution in [2.24, 2.45) is 0 Å². The molecule has 86 valence electrons. The van der Waals surface area contributed by atoms with E-state index in [1.165, 1.54) is 22.9 Å². The number of nitrogens with zero attached hydrogens (tertiary/aromatic N) is 1. The van der Waals surface area contributed by atoms with Crippen molar-refractivity contribution in [3.8, 4) is 5.69 Å².